The van der Waals surface area contributed by atoms with Gasteiger partial charge in [-0.05, 0) is 61.9 Å². The first-order valence-corrected chi connectivity index (χ1v) is 13.0. The van der Waals surface area contributed by atoms with Gasteiger partial charge in [0.1, 0.15) is 17.3 Å². The summed E-state index contributed by atoms with van der Waals surface area (Å²) in [6.45, 7) is 2.74. The summed E-state index contributed by atoms with van der Waals surface area (Å²) in [5, 5.41) is 20.5. The average molecular weight is 511 g/mol. The summed E-state index contributed by atoms with van der Waals surface area (Å²) in [6, 6.07) is 13.3. The molecule has 1 aliphatic carbocycles. The van der Waals surface area contributed by atoms with E-state index < -0.39 is 5.97 Å². The number of rotatable bonds is 4. The van der Waals surface area contributed by atoms with Gasteiger partial charge in [0, 0.05) is 42.2 Å². The Kier molecular flexibility index (Phi) is 5.04. The number of aromatic nitrogens is 5. The van der Waals surface area contributed by atoms with Gasteiger partial charge >= 0.3 is 5.97 Å². The molecule has 9 heteroatoms. The van der Waals surface area contributed by atoms with Crippen LogP contribution in [0.2, 0.25) is 0 Å². The molecule has 0 spiro atoms. The summed E-state index contributed by atoms with van der Waals surface area (Å²) in [6.07, 6.45) is 6.25. The SMILES string of the molecule is Cc1cccc2c(-c3c(F)ccc4nn(C)cc34)nn(-c3ccc(N4CC5CCC4CC5C(=O)O)nc3)c12. The Bertz CT molecular complexity index is 1720. The molecule has 2 aliphatic heterocycles. The minimum absolute atomic E-state index is 0.157. The lowest BCUT2D eigenvalue weighted by atomic mass is 9.72. The smallest absolute Gasteiger partial charge is 0.306 e. The monoisotopic (exact) mass is 510 g/mol. The second-order valence-electron chi connectivity index (χ2n) is 10.6. The van der Waals surface area contributed by atoms with Crippen LogP contribution in [0.25, 0.3) is 38.8 Å². The Morgan fingerprint density at radius 3 is 2.68 bits per heavy atom. The molecule has 0 radical (unpaired) electrons. The van der Waals surface area contributed by atoms with Crippen molar-refractivity contribution in [2.24, 2.45) is 18.9 Å². The lowest BCUT2D eigenvalue weighted by molar-refractivity contribution is -0.146. The normalized spacial score (nSPS) is 21.0. The van der Waals surface area contributed by atoms with E-state index in [1.165, 1.54) is 6.07 Å². The van der Waals surface area contributed by atoms with Crippen LogP contribution in [0.5, 0.6) is 0 Å². The molecule has 3 atom stereocenters. The van der Waals surface area contributed by atoms with Gasteiger partial charge in [-0.15, -0.1) is 0 Å². The number of hydrogen-bond donors (Lipinski definition) is 1. The number of nitrogens with zero attached hydrogens (tertiary/aromatic N) is 6. The van der Waals surface area contributed by atoms with Crippen molar-refractivity contribution >= 4 is 33.6 Å². The molecule has 2 saturated heterocycles. The number of hydrogen-bond acceptors (Lipinski definition) is 5. The highest BCUT2D eigenvalue weighted by molar-refractivity contribution is 6.03. The van der Waals surface area contributed by atoms with Gasteiger partial charge in [-0.3, -0.25) is 9.48 Å². The molecular formula is C29H27FN6O2. The Hall–Kier alpha value is -4.27. The Labute approximate surface area is 218 Å². The van der Waals surface area contributed by atoms with Gasteiger partial charge in [0.25, 0.3) is 0 Å². The highest BCUT2D eigenvalue weighted by Crippen LogP contribution is 2.41. The molecule has 2 aromatic carbocycles. The van der Waals surface area contributed by atoms with E-state index in [-0.39, 0.29) is 23.7 Å². The first-order valence-electron chi connectivity index (χ1n) is 13.0. The predicted octanol–water partition coefficient (Wildman–Crippen LogP) is 5.11. The number of carbonyl (C=O) groups is 1. The zero-order valence-electron chi connectivity index (χ0n) is 21.2. The first kappa shape index (κ1) is 22.9. The number of pyridine rings is 1. The summed E-state index contributed by atoms with van der Waals surface area (Å²) in [7, 11) is 1.83. The second kappa shape index (κ2) is 8.37. The van der Waals surface area contributed by atoms with Crippen LogP contribution in [0.15, 0.2) is 54.9 Å². The molecule has 3 fully saturated rings. The molecule has 8 nitrogen and oxygen atoms in total. The van der Waals surface area contributed by atoms with Gasteiger partial charge in [-0.2, -0.15) is 10.2 Å². The van der Waals surface area contributed by atoms with Crippen LogP contribution in [-0.4, -0.2) is 48.2 Å². The standard InChI is InChI=1S/C29H27FN6O2/c1-16-4-3-5-20-27(26-22-15-34(2)32-24(22)10-9-23(26)30)33-36(28(16)20)19-8-11-25(31-13-19)35-14-17-6-7-18(35)12-21(17)29(37)38/h3-5,8-11,13,15,17-18,21H,6-7,12,14H2,1-2H3,(H,37,38). The van der Waals surface area contributed by atoms with Crippen LogP contribution < -0.4 is 4.90 Å². The number of aryl methyl sites for hydroxylation is 2. The number of carboxylic acids is 1. The number of fused-ring (bicyclic) bond motifs is 5. The number of halogens is 1. The molecule has 1 saturated carbocycles. The number of piperidine rings is 2. The van der Waals surface area contributed by atoms with Crippen molar-refractivity contribution in [3.8, 4) is 16.9 Å². The van der Waals surface area contributed by atoms with Gasteiger partial charge in [0.05, 0.1) is 28.8 Å². The number of carboxylic acid groups (broad SMARTS) is 1. The van der Waals surface area contributed by atoms with Gasteiger partial charge in [0.15, 0.2) is 0 Å². The van der Waals surface area contributed by atoms with E-state index in [2.05, 4.69) is 10.00 Å². The van der Waals surface area contributed by atoms with E-state index in [9.17, 15) is 9.90 Å². The van der Waals surface area contributed by atoms with Gasteiger partial charge in [-0.25, -0.2) is 14.1 Å². The van der Waals surface area contributed by atoms with E-state index in [4.69, 9.17) is 10.1 Å². The third kappa shape index (κ3) is 3.41. The van der Waals surface area contributed by atoms with Crippen molar-refractivity contribution in [2.75, 3.05) is 11.4 Å². The first-order chi connectivity index (χ1) is 18.4. The molecule has 38 heavy (non-hydrogen) atoms. The van der Waals surface area contributed by atoms with E-state index in [0.29, 0.717) is 28.6 Å². The van der Waals surface area contributed by atoms with Crippen LogP contribution in [0.3, 0.4) is 0 Å². The van der Waals surface area contributed by atoms with Crippen molar-refractivity contribution in [3.05, 3.63) is 66.2 Å². The maximum absolute atomic E-state index is 15.3. The maximum Gasteiger partial charge on any atom is 0.306 e. The Morgan fingerprint density at radius 2 is 1.95 bits per heavy atom. The van der Waals surface area contributed by atoms with Crippen molar-refractivity contribution in [3.63, 3.8) is 0 Å². The zero-order chi connectivity index (χ0) is 26.1. The van der Waals surface area contributed by atoms with Gasteiger partial charge in [0.2, 0.25) is 0 Å². The van der Waals surface area contributed by atoms with E-state index in [1.54, 1.807) is 16.9 Å². The molecule has 3 aromatic heterocycles. The zero-order valence-corrected chi connectivity index (χ0v) is 21.2. The van der Waals surface area contributed by atoms with Gasteiger partial charge in [-0.1, -0.05) is 18.2 Å². The van der Waals surface area contributed by atoms with Crippen LogP contribution >= 0.6 is 0 Å². The largest absolute Gasteiger partial charge is 0.481 e. The van der Waals surface area contributed by atoms with Crippen molar-refractivity contribution in [2.45, 2.75) is 32.2 Å². The number of anilines is 1. The molecule has 5 heterocycles. The summed E-state index contributed by atoms with van der Waals surface area (Å²) < 4.78 is 18.9. The highest BCUT2D eigenvalue weighted by Gasteiger charge is 2.44. The third-order valence-electron chi connectivity index (χ3n) is 8.32. The molecule has 8 rings (SSSR count). The molecule has 3 unspecified atom stereocenters. The summed E-state index contributed by atoms with van der Waals surface area (Å²) in [4.78, 5) is 18.7. The highest BCUT2D eigenvalue weighted by atomic mass is 19.1. The van der Waals surface area contributed by atoms with E-state index >= 15 is 4.39 Å². The minimum Gasteiger partial charge on any atom is -0.481 e. The molecule has 3 aliphatic rings. The summed E-state index contributed by atoms with van der Waals surface area (Å²) in [5.74, 6) is -0.272. The topological polar surface area (TPSA) is 89.1 Å². The van der Waals surface area contributed by atoms with Gasteiger partial charge < -0.3 is 10.0 Å². The van der Waals surface area contributed by atoms with Crippen LogP contribution in [0, 0.1) is 24.6 Å². The summed E-state index contributed by atoms with van der Waals surface area (Å²) >= 11 is 0. The van der Waals surface area contributed by atoms with Crippen molar-refractivity contribution in [1.82, 2.24) is 24.5 Å². The molecule has 5 aromatic rings. The fourth-order valence-electron chi connectivity index (χ4n) is 6.50. The second-order valence-corrected chi connectivity index (χ2v) is 10.6. The fraction of sp³-hybridized carbons (Fsp3) is 0.310. The molecule has 192 valence electrons. The predicted molar refractivity (Wildman–Crippen MR) is 143 cm³/mol. The van der Waals surface area contributed by atoms with Crippen LogP contribution in [-0.2, 0) is 11.8 Å². The molecular weight excluding hydrogens is 483 g/mol. The number of aliphatic carboxylic acids is 1. The van der Waals surface area contributed by atoms with E-state index in [1.807, 2.05) is 55.2 Å². The number of benzene rings is 2. The quantitative estimate of drug-likeness (QED) is 0.361. The fourth-order valence-corrected chi connectivity index (χ4v) is 6.50. The number of para-hydroxylation sites is 1. The Balaban J connectivity index is 1.31. The molecule has 0 amide bonds. The molecule has 1 N–H and O–H groups in total. The Morgan fingerprint density at radius 1 is 1.08 bits per heavy atom. The maximum atomic E-state index is 15.3. The lowest BCUT2D eigenvalue weighted by Gasteiger charge is -2.48. The molecule has 2 bridgehead atoms. The lowest BCUT2D eigenvalue weighted by Crippen LogP contribution is -2.54. The third-order valence-corrected chi connectivity index (χ3v) is 8.32. The van der Waals surface area contributed by atoms with E-state index in [0.717, 1.165) is 47.4 Å². The van der Waals surface area contributed by atoms with Crippen LogP contribution in [0.4, 0.5) is 10.2 Å². The van der Waals surface area contributed by atoms with Crippen molar-refractivity contribution < 1.29 is 14.3 Å². The van der Waals surface area contributed by atoms with Crippen LogP contribution in [0.1, 0.15) is 24.8 Å². The average Bonchev–Trinajstić information content (AvgIpc) is 3.50. The minimum atomic E-state index is -0.683. The summed E-state index contributed by atoms with van der Waals surface area (Å²) in [5.41, 5.74) is 4.43. The van der Waals surface area contributed by atoms with Crippen molar-refractivity contribution in [1.29, 1.82) is 0 Å².